The van der Waals surface area contributed by atoms with Crippen LogP contribution >= 0.6 is 27.7 Å². The maximum absolute atomic E-state index is 12.4. The fourth-order valence-electron chi connectivity index (χ4n) is 0.556. The molecule has 0 nitrogen and oxygen atoms in total. The standard InChI is InChI=1S/C9H12BrFS/c1-6(2)12-7(3)5-9(10)8(4)11/h5-6H,3-4H2,1-2H3/b9-5+. The Balaban J connectivity index is 4.15. The van der Waals surface area contributed by atoms with Gasteiger partial charge in [-0.15, -0.1) is 11.8 Å². The Morgan fingerprint density at radius 3 is 2.33 bits per heavy atom. The maximum atomic E-state index is 12.4. The van der Waals surface area contributed by atoms with Crippen molar-refractivity contribution in [2.24, 2.45) is 0 Å². The van der Waals surface area contributed by atoms with E-state index in [1.54, 1.807) is 17.8 Å². The molecule has 0 N–H and O–H groups in total. The zero-order chi connectivity index (χ0) is 9.72. The first-order chi connectivity index (χ1) is 5.43. The number of hydrogen-bond acceptors (Lipinski definition) is 1. The Hall–Kier alpha value is -0.0200. The summed E-state index contributed by atoms with van der Waals surface area (Å²) in [4.78, 5) is 0.829. The second-order valence-electron chi connectivity index (χ2n) is 2.53. The largest absolute Gasteiger partial charge is 0.206 e. The molecule has 0 aromatic carbocycles. The Labute approximate surface area is 85.7 Å². The molecule has 0 aliphatic carbocycles. The highest BCUT2D eigenvalue weighted by Crippen LogP contribution is 2.25. The highest BCUT2D eigenvalue weighted by Gasteiger charge is 2.00. The van der Waals surface area contributed by atoms with Gasteiger partial charge in [0, 0.05) is 10.2 Å². The summed E-state index contributed by atoms with van der Waals surface area (Å²) in [5, 5.41) is 0.460. The molecule has 0 bridgehead atoms. The van der Waals surface area contributed by atoms with E-state index in [0.717, 1.165) is 4.91 Å². The van der Waals surface area contributed by atoms with E-state index in [1.807, 2.05) is 0 Å². The molecule has 0 spiro atoms. The Kier molecular flexibility index (Phi) is 5.59. The summed E-state index contributed by atoms with van der Waals surface area (Å²) in [6.07, 6.45) is 1.63. The molecule has 0 rings (SSSR count). The van der Waals surface area contributed by atoms with Crippen molar-refractivity contribution in [3.63, 3.8) is 0 Å². The lowest BCUT2D eigenvalue weighted by atomic mass is 10.4. The monoisotopic (exact) mass is 250 g/mol. The molecule has 0 unspecified atom stereocenters. The van der Waals surface area contributed by atoms with Crippen LogP contribution in [0.4, 0.5) is 4.39 Å². The van der Waals surface area contributed by atoms with Crippen molar-refractivity contribution in [3.05, 3.63) is 34.4 Å². The van der Waals surface area contributed by atoms with Crippen molar-refractivity contribution in [1.82, 2.24) is 0 Å². The van der Waals surface area contributed by atoms with Crippen LogP contribution in [-0.2, 0) is 0 Å². The first kappa shape index (κ1) is 12.0. The van der Waals surface area contributed by atoms with Crippen LogP contribution in [0, 0.1) is 0 Å². The number of halogens is 2. The summed E-state index contributed by atoms with van der Waals surface area (Å²) >= 11 is 4.64. The topological polar surface area (TPSA) is 0 Å². The third kappa shape index (κ3) is 5.61. The van der Waals surface area contributed by atoms with Crippen LogP contribution in [0.5, 0.6) is 0 Å². The van der Waals surface area contributed by atoms with Gasteiger partial charge in [0.25, 0.3) is 0 Å². The number of thioether (sulfide) groups is 1. The van der Waals surface area contributed by atoms with Gasteiger partial charge < -0.3 is 0 Å². The molecule has 0 amide bonds. The molecule has 3 heteroatoms. The van der Waals surface area contributed by atoms with Crippen LogP contribution in [0.2, 0.25) is 0 Å². The van der Waals surface area contributed by atoms with Gasteiger partial charge in [-0.2, -0.15) is 0 Å². The Morgan fingerprint density at radius 2 is 2.00 bits per heavy atom. The third-order valence-electron chi connectivity index (χ3n) is 0.934. The van der Waals surface area contributed by atoms with E-state index in [-0.39, 0.29) is 0 Å². The molecule has 12 heavy (non-hydrogen) atoms. The van der Waals surface area contributed by atoms with Crippen molar-refractivity contribution in [3.8, 4) is 0 Å². The quantitative estimate of drug-likeness (QED) is 0.667. The van der Waals surface area contributed by atoms with E-state index in [1.165, 1.54) is 0 Å². The van der Waals surface area contributed by atoms with E-state index in [9.17, 15) is 4.39 Å². The molecule has 0 aromatic heterocycles. The SMILES string of the molecule is C=C(/C=C(/Br)C(=C)F)SC(C)C. The summed E-state index contributed by atoms with van der Waals surface area (Å²) in [6.45, 7) is 11.0. The van der Waals surface area contributed by atoms with E-state index in [0.29, 0.717) is 9.73 Å². The van der Waals surface area contributed by atoms with Gasteiger partial charge in [-0.1, -0.05) is 27.0 Å². The fraction of sp³-hybridized carbons (Fsp3) is 0.333. The van der Waals surface area contributed by atoms with Crippen molar-refractivity contribution < 1.29 is 4.39 Å². The molecule has 0 aromatic rings. The highest BCUT2D eigenvalue weighted by molar-refractivity contribution is 9.12. The summed E-state index contributed by atoms with van der Waals surface area (Å²) in [6, 6.07) is 0. The van der Waals surface area contributed by atoms with Gasteiger partial charge in [0.1, 0.15) is 5.83 Å². The summed E-state index contributed by atoms with van der Waals surface area (Å²) in [5.74, 6) is -0.472. The van der Waals surface area contributed by atoms with E-state index >= 15 is 0 Å². The zero-order valence-electron chi connectivity index (χ0n) is 7.23. The van der Waals surface area contributed by atoms with Crippen LogP contribution < -0.4 is 0 Å². The van der Waals surface area contributed by atoms with Gasteiger partial charge in [-0.3, -0.25) is 0 Å². The zero-order valence-corrected chi connectivity index (χ0v) is 9.64. The lowest BCUT2D eigenvalue weighted by Crippen LogP contribution is -1.85. The molecule has 0 fully saturated rings. The minimum Gasteiger partial charge on any atom is -0.206 e. The summed E-state index contributed by atoms with van der Waals surface area (Å²) < 4.78 is 12.8. The van der Waals surface area contributed by atoms with E-state index < -0.39 is 5.83 Å². The molecule has 0 radical (unpaired) electrons. The second kappa shape index (κ2) is 5.60. The third-order valence-corrected chi connectivity index (χ3v) is 2.49. The normalized spacial score (nSPS) is 11.9. The molecule has 0 saturated carbocycles. The Morgan fingerprint density at radius 1 is 1.50 bits per heavy atom. The first-order valence-electron chi connectivity index (χ1n) is 3.51. The van der Waals surface area contributed by atoms with Crippen molar-refractivity contribution in [1.29, 1.82) is 0 Å². The smallest absolute Gasteiger partial charge is 0.130 e. The summed E-state index contributed by atoms with van der Waals surface area (Å²) in [7, 11) is 0. The first-order valence-corrected chi connectivity index (χ1v) is 5.18. The predicted molar refractivity (Wildman–Crippen MR) is 59.1 cm³/mol. The minimum atomic E-state index is -0.472. The molecular weight excluding hydrogens is 239 g/mol. The average molecular weight is 251 g/mol. The lowest BCUT2D eigenvalue weighted by molar-refractivity contribution is 0.668. The van der Waals surface area contributed by atoms with Gasteiger partial charge in [0.05, 0.1) is 4.48 Å². The summed E-state index contributed by atoms with van der Waals surface area (Å²) in [5.41, 5.74) is 0. The average Bonchev–Trinajstić information content (AvgIpc) is 1.84. The highest BCUT2D eigenvalue weighted by atomic mass is 79.9. The van der Waals surface area contributed by atoms with Gasteiger partial charge in [0.2, 0.25) is 0 Å². The molecule has 0 saturated heterocycles. The van der Waals surface area contributed by atoms with Crippen molar-refractivity contribution >= 4 is 27.7 Å². The van der Waals surface area contributed by atoms with Crippen LogP contribution in [0.25, 0.3) is 0 Å². The lowest BCUT2D eigenvalue weighted by Gasteiger charge is -2.03. The van der Waals surface area contributed by atoms with Gasteiger partial charge in [0.15, 0.2) is 0 Å². The van der Waals surface area contributed by atoms with E-state index in [2.05, 4.69) is 42.9 Å². The number of rotatable bonds is 4. The molecule has 0 aliphatic heterocycles. The van der Waals surface area contributed by atoms with Crippen LogP contribution in [0.15, 0.2) is 34.4 Å². The van der Waals surface area contributed by atoms with Crippen LogP contribution in [0.3, 0.4) is 0 Å². The predicted octanol–water partition coefficient (Wildman–Crippen LogP) is 4.40. The van der Waals surface area contributed by atoms with Crippen molar-refractivity contribution in [2.75, 3.05) is 0 Å². The second-order valence-corrected chi connectivity index (χ2v) is 5.09. The van der Waals surface area contributed by atoms with Crippen molar-refractivity contribution in [2.45, 2.75) is 19.1 Å². The van der Waals surface area contributed by atoms with Crippen LogP contribution in [0.1, 0.15) is 13.8 Å². The Bertz CT molecular complexity index is 219. The molecule has 0 heterocycles. The van der Waals surface area contributed by atoms with Gasteiger partial charge in [-0.05, 0) is 22.0 Å². The molecule has 0 aliphatic rings. The number of allylic oxidation sites excluding steroid dienone is 3. The van der Waals surface area contributed by atoms with Gasteiger partial charge >= 0.3 is 0 Å². The fourth-order valence-corrected chi connectivity index (χ4v) is 1.78. The minimum absolute atomic E-state index is 0.362. The maximum Gasteiger partial charge on any atom is 0.130 e. The van der Waals surface area contributed by atoms with Gasteiger partial charge in [-0.25, -0.2) is 4.39 Å². The van der Waals surface area contributed by atoms with Crippen LogP contribution in [-0.4, -0.2) is 5.25 Å². The molecular formula is C9H12BrFS. The molecule has 68 valence electrons. The molecule has 0 atom stereocenters. The number of hydrogen-bond donors (Lipinski definition) is 0. The van der Waals surface area contributed by atoms with E-state index in [4.69, 9.17) is 0 Å².